The standard InChI is InChI=1S/C14H22N4/c1-11(2)8-15-5-6-16-9-12-3-4-13-10-17-18-14(13)7-12/h3-4,7,10-11,15-16H,5-6,8-9H2,1-2H3,(H,17,18). The first-order chi connectivity index (χ1) is 8.75. The fourth-order valence-corrected chi connectivity index (χ4v) is 1.89. The largest absolute Gasteiger partial charge is 0.315 e. The fraction of sp³-hybridized carbons (Fsp3) is 0.500. The zero-order valence-corrected chi connectivity index (χ0v) is 11.2. The Morgan fingerprint density at radius 1 is 1.22 bits per heavy atom. The number of rotatable bonds is 7. The third kappa shape index (κ3) is 3.82. The van der Waals surface area contributed by atoms with Gasteiger partial charge < -0.3 is 10.6 Å². The molecule has 0 saturated heterocycles. The quantitative estimate of drug-likeness (QED) is 0.654. The molecule has 0 amide bonds. The Kier molecular flexibility index (Phi) is 4.73. The Bertz CT molecular complexity index is 475. The normalized spacial score (nSPS) is 11.5. The molecule has 1 aromatic carbocycles. The van der Waals surface area contributed by atoms with E-state index in [1.165, 1.54) is 5.56 Å². The van der Waals surface area contributed by atoms with Crippen molar-refractivity contribution in [2.45, 2.75) is 20.4 Å². The van der Waals surface area contributed by atoms with E-state index in [2.05, 4.69) is 52.9 Å². The summed E-state index contributed by atoms with van der Waals surface area (Å²) in [4.78, 5) is 0. The highest BCUT2D eigenvalue weighted by Gasteiger charge is 1.98. The second kappa shape index (κ2) is 6.52. The molecule has 0 radical (unpaired) electrons. The van der Waals surface area contributed by atoms with Crippen LogP contribution < -0.4 is 10.6 Å². The van der Waals surface area contributed by atoms with Gasteiger partial charge in [0.05, 0.1) is 11.7 Å². The third-order valence-electron chi connectivity index (χ3n) is 2.87. The lowest BCUT2D eigenvalue weighted by Crippen LogP contribution is -2.29. The van der Waals surface area contributed by atoms with E-state index in [4.69, 9.17) is 0 Å². The zero-order valence-electron chi connectivity index (χ0n) is 11.2. The van der Waals surface area contributed by atoms with Gasteiger partial charge in [0.2, 0.25) is 0 Å². The van der Waals surface area contributed by atoms with Crippen LogP contribution in [0.4, 0.5) is 0 Å². The molecule has 4 nitrogen and oxygen atoms in total. The van der Waals surface area contributed by atoms with Gasteiger partial charge in [-0.05, 0) is 24.1 Å². The van der Waals surface area contributed by atoms with Crippen molar-refractivity contribution in [3.63, 3.8) is 0 Å². The van der Waals surface area contributed by atoms with E-state index in [-0.39, 0.29) is 0 Å². The summed E-state index contributed by atoms with van der Waals surface area (Å²) in [5, 5.41) is 15.0. The molecule has 0 spiro atoms. The first-order valence-electron chi connectivity index (χ1n) is 6.59. The van der Waals surface area contributed by atoms with Gasteiger partial charge in [0.15, 0.2) is 0 Å². The highest BCUT2D eigenvalue weighted by atomic mass is 15.1. The highest BCUT2D eigenvalue weighted by Crippen LogP contribution is 2.12. The monoisotopic (exact) mass is 246 g/mol. The number of hydrogen-bond donors (Lipinski definition) is 3. The Balaban J connectivity index is 1.70. The summed E-state index contributed by atoms with van der Waals surface area (Å²) in [7, 11) is 0. The van der Waals surface area contributed by atoms with Gasteiger partial charge in [-0.1, -0.05) is 26.0 Å². The second-order valence-electron chi connectivity index (χ2n) is 5.07. The molecule has 0 aliphatic carbocycles. The van der Waals surface area contributed by atoms with E-state index in [0.717, 1.165) is 37.1 Å². The molecule has 0 aliphatic heterocycles. The Labute approximate surface area is 108 Å². The lowest BCUT2D eigenvalue weighted by Gasteiger charge is -2.08. The first kappa shape index (κ1) is 13.1. The summed E-state index contributed by atoms with van der Waals surface area (Å²) in [6, 6.07) is 6.40. The van der Waals surface area contributed by atoms with E-state index < -0.39 is 0 Å². The summed E-state index contributed by atoms with van der Waals surface area (Å²) in [6.45, 7) is 8.44. The molecule has 18 heavy (non-hydrogen) atoms. The molecule has 98 valence electrons. The average Bonchev–Trinajstić information content (AvgIpc) is 2.80. The van der Waals surface area contributed by atoms with Gasteiger partial charge in [-0.15, -0.1) is 0 Å². The molecule has 0 saturated carbocycles. The van der Waals surface area contributed by atoms with Crippen LogP contribution in [0.2, 0.25) is 0 Å². The van der Waals surface area contributed by atoms with E-state index in [1.54, 1.807) is 0 Å². The summed E-state index contributed by atoms with van der Waals surface area (Å²) in [6.07, 6.45) is 1.85. The van der Waals surface area contributed by atoms with Crippen LogP contribution in [0.1, 0.15) is 19.4 Å². The molecule has 0 fully saturated rings. The molecule has 1 aromatic heterocycles. The van der Waals surface area contributed by atoms with Crippen LogP contribution in [0.25, 0.3) is 10.9 Å². The molecule has 1 heterocycles. The van der Waals surface area contributed by atoms with Gasteiger partial charge >= 0.3 is 0 Å². The van der Waals surface area contributed by atoms with Gasteiger partial charge in [0, 0.05) is 25.0 Å². The molecule has 2 aromatic rings. The van der Waals surface area contributed by atoms with Crippen molar-refractivity contribution >= 4 is 10.9 Å². The number of aromatic nitrogens is 2. The first-order valence-corrected chi connectivity index (χ1v) is 6.59. The molecule has 0 bridgehead atoms. The van der Waals surface area contributed by atoms with Crippen molar-refractivity contribution in [1.29, 1.82) is 0 Å². The topological polar surface area (TPSA) is 52.7 Å². The number of fused-ring (bicyclic) bond motifs is 1. The van der Waals surface area contributed by atoms with E-state index in [0.29, 0.717) is 5.92 Å². The molecule has 0 atom stereocenters. The van der Waals surface area contributed by atoms with Gasteiger partial charge in [0.25, 0.3) is 0 Å². The smallest absolute Gasteiger partial charge is 0.0653 e. The van der Waals surface area contributed by atoms with E-state index in [1.807, 2.05) is 6.20 Å². The van der Waals surface area contributed by atoms with Gasteiger partial charge in [0.1, 0.15) is 0 Å². The lowest BCUT2D eigenvalue weighted by molar-refractivity contribution is 0.535. The number of benzene rings is 1. The predicted octanol–water partition coefficient (Wildman–Crippen LogP) is 1.90. The average molecular weight is 246 g/mol. The van der Waals surface area contributed by atoms with Crippen molar-refractivity contribution in [3.8, 4) is 0 Å². The Morgan fingerprint density at radius 2 is 2.06 bits per heavy atom. The minimum atomic E-state index is 0.716. The Morgan fingerprint density at radius 3 is 2.89 bits per heavy atom. The van der Waals surface area contributed by atoms with Crippen LogP contribution in [-0.2, 0) is 6.54 Å². The number of nitrogens with one attached hydrogen (secondary N) is 3. The van der Waals surface area contributed by atoms with Crippen molar-refractivity contribution in [1.82, 2.24) is 20.8 Å². The maximum atomic E-state index is 4.02. The number of aromatic amines is 1. The fourth-order valence-electron chi connectivity index (χ4n) is 1.89. The second-order valence-corrected chi connectivity index (χ2v) is 5.07. The van der Waals surface area contributed by atoms with Gasteiger partial charge in [-0.25, -0.2) is 0 Å². The minimum Gasteiger partial charge on any atom is -0.315 e. The highest BCUT2D eigenvalue weighted by molar-refractivity contribution is 5.78. The molecule has 3 N–H and O–H groups in total. The molecular formula is C14H22N4. The zero-order chi connectivity index (χ0) is 12.8. The summed E-state index contributed by atoms with van der Waals surface area (Å²) in [5.41, 5.74) is 2.39. The number of hydrogen-bond acceptors (Lipinski definition) is 3. The van der Waals surface area contributed by atoms with Gasteiger partial charge in [-0.2, -0.15) is 5.10 Å². The van der Waals surface area contributed by atoms with Crippen LogP contribution in [0.3, 0.4) is 0 Å². The van der Waals surface area contributed by atoms with Crippen LogP contribution in [-0.4, -0.2) is 29.8 Å². The molecule has 4 heteroatoms. The van der Waals surface area contributed by atoms with E-state index >= 15 is 0 Å². The summed E-state index contributed by atoms with van der Waals surface area (Å²) in [5.74, 6) is 0.716. The van der Waals surface area contributed by atoms with Gasteiger partial charge in [-0.3, -0.25) is 5.10 Å². The summed E-state index contributed by atoms with van der Waals surface area (Å²) >= 11 is 0. The number of H-pyrrole nitrogens is 1. The molecule has 2 rings (SSSR count). The van der Waals surface area contributed by atoms with Crippen molar-refractivity contribution in [2.24, 2.45) is 5.92 Å². The van der Waals surface area contributed by atoms with E-state index in [9.17, 15) is 0 Å². The Hall–Kier alpha value is -1.39. The molecule has 0 aliphatic rings. The predicted molar refractivity (Wildman–Crippen MR) is 75.5 cm³/mol. The third-order valence-corrected chi connectivity index (χ3v) is 2.87. The van der Waals surface area contributed by atoms with Crippen molar-refractivity contribution in [2.75, 3.05) is 19.6 Å². The van der Waals surface area contributed by atoms with Crippen molar-refractivity contribution in [3.05, 3.63) is 30.0 Å². The molecule has 0 unspecified atom stereocenters. The van der Waals surface area contributed by atoms with Crippen LogP contribution in [0.15, 0.2) is 24.4 Å². The maximum Gasteiger partial charge on any atom is 0.0653 e. The lowest BCUT2D eigenvalue weighted by atomic mass is 10.1. The van der Waals surface area contributed by atoms with Crippen LogP contribution in [0.5, 0.6) is 0 Å². The SMILES string of the molecule is CC(C)CNCCNCc1ccc2cn[nH]c2c1. The summed E-state index contributed by atoms with van der Waals surface area (Å²) < 4.78 is 0. The minimum absolute atomic E-state index is 0.716. The van der Waals surface area contributed by atoms with Crippen molar-refractivity contribution < 1.29 is 0 Å². The maximum absolute atomic E-state index is 4.02. The van der Waals surface area contributed by atoms with Crippen LogP contribution >= 0.6 is 0 Å². The molecular weight excluding hydrogens is 224 g/mol. The van der Waals surface area contributed by atoms with Crippen LogP contribution in [0, 0.1) is 5.92 Å². The number of nitrogens with zero attached hydrogens (tertiary/aromatic N) is 1.